The summed E-state index contributed by atoms with van der Waals surface area (Å²) in [5.41, 5.74) is 0.642. The summed E-state index contributed by atoms with van der Waals surface area (Å²) in [6.07, 6.45) is 1.54. The SMILES string of the molecule is CCCn1nc(C(=O)Nc2ccccc2C(=O)NC(C)CC)ccc1=O. The van der Waals surface area contributed by atoms with Gasteiger partial charge in [0.25, 0.3) is 17.4 Å². The molecule has 1 atom stereocenters. The van der Waals surface area contributed by atoms with E-state index in [2.05, 4.69) is 15.7 Å². The number of amides is 2. The van der Waals surface area contributed by atoms with Crippen molar-refractivity contribution in [2.24, 2.45) is 0 Å². The van der Waals surface area contributed by atoms with E-state index >= 15 is 0 Å². The van der Waals surface area contributed by atoms with Crippen LogP contribution in [0.4, 0.5) is 5.69 Å². The quantitative estimate of drug-likeness (QED) is 0.797. The summed E-state index contributed by atoms with van der Waals surface area (Å²) < 4.78 is 1.26. The van der Waals surface area contributed by atoms with Crippen LogP contribution in [0.25, 0.3) is 0 Å². The zero-order valence-corrected chi connectivity index (χ0v) is 15.3. The fraction of sp³-hybridized carbons (Fsp3) is 0.368. The van der Waals surface area contributed by atoms with E-state index in [4.69, 9.17) is 0 Å². The first kappa shape index (κ1) is 19.4. The van der Waals surface area contributed by atoms with Crippen molar-refractivity contribution >= 4 is 17.5 Å². The smallest absolute Gasteiger partial charge is 0.276 e. The molecule has 0 radical (unpaired) electrons. The van der Waals surface area contributed by atoms with Crippen LogP contribution in [0, 0.1) is 0 Å². The molecule has 0 saturated carbocycles. The van der Waals surface area contributed by atoms with Crippen molar-refractivity contribution < 1.29 is 9.59 Å². The third-order valence-electron chi connectivity index (χ3n) is 3.94. The second kappa shape index (κ2) is 8.94. The van der Waals surface area contributed by atoms with E-state index in [1.165, 1.54) is 16.8 Å². The van der Waals surface area contributed by atoms with Gasteiger partial charge in [-0.25, -0.2) is 4.68 Å². The third kappa shape index (κ3) is 4.78. The molecule has 1 aromatic carbocycles. The van der Waals surface area contributed by atoms with Crippen molar-refractivity contribution in [3.05, 3.63) is 58.0 Å². The highest BCUT2D eigenvalue weighted by Crippen LogP contribution is 2.16. The number of para-hydroxylation sites is 1. The van der Waals surface area contributed by atoms with Crippen molar-refractivity contribution in [2.45, 2.75) is 46.2 Å². The molecule has 0 aliphatic heterocycles. The summed E-state index contributed by atoms with van der Waals surface area (Å²) in [7, 11) is 0. The molecule has 2 amide bonds. The molecule has 0 spiro atoms. The van der Waals surface area contributed by atoms with Gasteiger partial charge in [0, 0.05) is 18.7 Å². The molecule has 1 aromatic heterocycles. The lowest BCUT2D eigenvalue weighted by Crippen LogP contribution is -2.32. The van der Waals surface area contributed by atoms with Crippen LogP contribution in [0.15, 0.2) is 41.2 Å². The Balaban J connectivity index is 2.23. The average Bonchev–Trinajstić information content (AvgIpc) is 2.63. The zero-order chi connectivity index (χ0) is 19.1. The number of hydrogen-bond acceptors (Lipinski definition) is 4. The molecule has 7 heteroatoms. The molecule has 138 valence electrons. The number of rotatable bonds is 7. The normalized spacial score (nSPS) is 11.7. The number of anilines is 1. The highest BCUT2D eigenvalue weighted by atomic mass is 16.2. The Labute approximate surface area is 152 Å². The van der Waals surface area contributed by atoms with E-state index in [0.717, 1.165) is 12.8 Å². The largest absolute Gasteiger partial charge is 0.350 e. The first-order valence-electron chi connectivity index (χ1n) is 8.75. The third-order valence-corrected chi connectivity index (χ3v) is 3.94. The lowest BCUT2D eigenvalue weighted by Gasteiger charge is -2.14. The minimum atomic E-state index is -0.473. The van der Waals surface area contributed by atoms with Gasteiger partial charge in [-0.05, 0) is 38.0 Å². The fourth-order valence-corrected chi connectivity index (χ4v) is 2.32. The van der Waals surface area contributed by atoms with Crippen molar-refractivity contribution in [2.75, 3.05) is 5.32 Å². The van der Waals surface area contributed by atoms with Crippen LogP contribution in [0.2, 0.25) is 0 Å². The molecule has 1 unspecified atom stereocenters. The van der Waals surface area contributed by atoms with Gasteiger partial charge >= 0.3 is 0 Å². The van der Waals surface area contributed by atoms with Gasteiger partial charge in [0.1, 0.15) is 5.69 Å². The molecule has 0 aliphatic rings. The van der Waals surface area contributed by atoms with Gasteiger partial charge in [-0.15, -0.1) is 0 Å². The summed E-state index contributed by atoms with van der Waals surface area (Å²) in [5.74, 6) is -0.724. The second-order valence-electron chi connectivity index (χ2n) is 6.06. The highest BCUT2D eigenvalue weighted by molar-refractivity contribution is 6.08. The summed E-state index contributed by atoms with van der Waals surface area (Å²) >= 11 is 0. The van der Waals surface area contributed by atoms with Crippen molar-refractivity contribution in [3.8, 4) is 0 Å². The molecule has 1 heterocycles. The predicted octanol–water partition coefficient (Wildman–Crippen LogP) is 2.43. The van der Waals surface area contributed by atoms with Crippen LogP contribution in [0.3, 0.4) is 0 Å². The van der Waals surface area contributed by atoms with E-state index < -0.39 is 5.91 Å². The van der Waals surface area contributed by atoms with Gasteiger partial charge in [-0.3, -0.25) is 14.4 Å². The second-order valence-corrected chi connectivity index (χ2v) is 6.06. The Bertz CT molecular complexity index is 845. The Hall–Kier alpha value is -2.96. The molecule has 0 fully saturated rings. The maximum absolute atomic E-state index is 12.5. The Kier molecular flexibility index (Phi) is 6.66. The monoisotopic (exact) mass is 356 g/mol. The molecule has 2 rings (SSSR count). The van der Waals surface area contributed by atoms with Crippen LogP contribution < -0.4 is 16.2 Å². The number of hydrogen-bond donors (Lipinski definition) is 2. The first-order chi connectivity index (χ1) is 12.5. The van der Waals surface area contributed by atoms with Gasteiger partial charge in [-0.2, -0.15) is 5.10 Å². The average molecular weight is 356 g/mol. The number of carbonyl (C=O) groups excluding carboxylic acids is 2. The van der Waals surface area contributed by atoms with E-state index in [9.17, 15) is 14.4 Å². The molecule has 26 heavy (non-hydrogen) atoms. The van der Waals surface area contributed by atoms with Crippen LogP contribution in [0.1, 0.15) is 54.5 Å². The Morgan fingerprint density at radius 2 is 1.85 bits per heavy atom. The van der Waals surface area contributed by atoms with Crippen LogP contribution in [-0.4, -0.2) is 27.6 Å². The predicted molar refractivity (Wildman–Crippen MR) is 100 cm³/mol. The molecule has 0 bridgehead atoms. The van der Waals surface area contributed by atoms with E-state index in [0.29, 0.717) is 17.8 Å². The standard InChI is InChI=1S/C19H24N4O3/c1-4-12-23-17(24)11-10-16(22-23)19(26)21-15-9-7-6-8-14(15)18(25)20-13(3)5-2/h6-11,13H,4-5,12H2,1-3H3,(H,20,25)(H,21,26). The minimum absolute atomic E-state index is 0.0329. The highest BCUT2D eigenvalue weighted by Gasteiger charge is 2.16. The van der Waals surface area contributed by atoms with Gasteiger partial charge in [0.2, 0.25) is 0 Å². The molecule has 0 saturated heterocycles. The van der Waals surface area contributed by atoms with Gasteiger partial charge in [-0.1, -0.05) is 26.0 Å². The summed E-state index contributed by atoms with van der Waals surface area (Å²) in [6.45, 7) is 6.26. The maximum atomic E-state index is 12.5. The molecular formula is C19H24N4O3. The lowest BCUT2D eigenvalue weighted by atomic mass is 10.1. The minimum Gasteiger partial charge on any atom is -0.350 e. The van der Waals surface area contributed by atoms with Crippen molar-refractivity contribution in [1.82, 2.24) is 15.1 Å². The molecular weight excluding hydrogens is 332 g/mol. The first-order valence-corrected chi connectivity index (χ1v) is 8.75. The van der Waals surface area contributed by atoms with E-state index in [1.807, 2.05) is 20.8 Å². The number of nitrogens with zero attached hydrogens (tertiary/aromatic N) is 2. The van der Waals surface area contributed by atoms with Crippen LogP contribution in [0.5, 0.6) is 0 Å². The number of aromatic nitrogens is 2. The summed E-state index contributed by atoms with van der Waals surface area (Å²) in [6, 6.07) is 9.52. The van der Waals surface area contributed by atoms with Crippen molar-refractivity contribution in [3.63, 3.8) is 0 Å². The molecule has 7 nitrogen and oxygen atoms in total. The number of carbonyl (C=O) groups is 2. The van der Waals surface area contributed by atoms with Gasteiger partial charge in [0.15, 0.2) is 0 Å². The summed E-state index contributed by atoms with van der Waals surface area (Å²) in [5, 5.41) is 9.68. The topological polar surface area (TPSA) is 93.1 Å². The lowest BCUT2D eigenvalue weighted by molar-refractivity contribution is 0.0940. The molecule has 0 aliphatic carbocycles. The Morgan fingerprint density at radius 3 is 2.54 bits per heavy atom. The van der Waals surface area contributed by atoms with E-state index in [-0.39, 0.29) is 23.2 Å². The fourth-order valence-electron chi connectivity index (χ4n) is 2.32. The van der Waals surface area contributed by atoms with Crippen molar-refractivity contribution in [1.29, 1.82) is 0 Å². The van der Waals surface area contributed by atoms with Crippen LogP contribution in [-0.2, 0) is 6.54 Å². The number of aryl methyl sites for hydroxylation is 1. The molecule has 2 N–H and O–H groups in total. The van der Waals surface area contributed by atoms with Crippen LogP contribution >= 0.6 is 0 Å². The number of benzene rings is 1. The van der Waals surface area contributed by atoms with Gasteiger partial charge in [0.05, 0.1) is 11.3 Å². The van der Waals surface area contributed by atoms with E-state index in [1.54, 1.807) is 24.3 Å². The summed E-state index contributed by atoms with van der Waals surface area (Å²) in [4.78, 5) is 36.7. The Morgan fingerprint density at radius 1 is 1.12 bits per heavy atom. The van der Waals surface area contributed by atoms with Gasteiger partial charge < -0.3 is 10.6 Å². The molecule has 2 aromatic rings. The zero-order valence-electron chi connectivity index (χ0n) is 15.3. The maximum Gasteiger partial charge on any atom is 0.276 e. The number of nitrogens with one attached hydrogen (secondary N) is 2.